The van der Waals surface area contributed by atoms with Gasteiger partial charge in [-0.25, -0.2) is 0 Å². The van der Waals surface area contributed by atoms with Gasteiger partial charge in [-0.2, -0.15) is 0 Å². The fourth-order valence-electron chi connectivity index (χ4n) is 2.61. The number of amides is 1. The lowest BCUT2D eigenvalue weighted by Crippen LogP contribution is -2.51. The van der Waals surface area contributed by atoms with Crippen LogP contribution >= 0.6 is 11.8 Å². The van der Waals surface area contributed by atoms with Crippen LogP contribution in [0.15, 0.2) is 17.0 Å². The first kappa shape index (κ1) is 19.6. The zero-order chi connectivity index (χ0) is 17.6. The highest BCUT2D eigenvalue weighted by molar-refractivity contribution is 7.98. The number of rotatable bonds is 8. The van der Waals surface area contributed by atoms with Crippen molar-refractivity contribution in [3.05, 3.63) is 17.7 Å². The summed E-state index contributed by atoms with van der Waals surface area (Å²) in [5, 5.41) is 0. The van der Waals surface area contributed by atoms with Gasteiger partial charge >= 0.3 is 0 Å². The molecule has 0 aliphatic heterocycles. The summed E-state index contributed by atoms with van der Waals surface area (Å²) in [5.41, 5.74) is 6.34. The first-order chi connectivity index (χ1) is 10.8. The van der Waals surface area contributed by atoms with Crippen molar-refractivity contribution >= 4 is 17.7 Å². The van der Waals surface area contributed by atoms with Crippen molar-refractivity contribution in [1.82, 2.24) is 4.90 Å². The highest BCUT2D eigenvalue weighted by Crippen LogP contribution is 2.35. The minimum Gasteiger partial charge on any atom is -0.493 e. The topological polar surface area (TPSA) is 64.8 Å². The van der Waals surface area contributed by atoms with Gasteiger partial charge in [-0.15, -0.1) is 11.8 Å². The van der Waals surface area contributed by atoms with Gasteiger partial charge in [-0.05, 0) is 37.3 Å². The number of hydrogen-bond acceptors (Lipinski definition) is 5. The Kier molecular flexibility index (Phi) is 7.22. The largest absolute Gasteiger partial charge is 0.493 e. The summed E-state index contributed by atoms with van der Waals surface area (Å²) in [6.45, 7) is 4.30. The summed E-state index contributed by atoms with van der Waals surface area (Å²) >= 11 is 1.61. The summed E-state index contributed by atoms with van der Waals surface area (Å²) in [5.74, 6) is 1.29. The molecule has 1 rings (SSSR count). The van der Waals surface area contributed by atoms with Crippen molar-refractivity contribution in [1.29, 1.82) is 0 Å². The Balaban J connectivity index is 3.05. The van der Waals surface area contributed by atoms with E-state index in [1.807, 2.05) is 25.3 Å². The summed E-state index contributed by atoms with van der Waals surface area (Å²) in [7, 11) is 5.00. The van der Waals surface area contributed by atoms with E-state index < -0.39 is 5.54 Å². The van der Waals surface area contributed by atoms with E-state index in [1.54, 1.807) is 44.9 Å². The molecule has 0 radical (unpaired) electrons. The molecule has 5 nitrogen and oxygen atoms in total. The zero-order valence-corrected chi connectivity index (χ0v) is 15.8. The van der Waals surface area contributed by atoms with Crippen molar-refractivity contribution in [3.8, 4) is 11.5 Å². The van der Waals surface area contributed by atoms with E-state index in [2.05, 4.69) is 0 Å². The fourth-order valence-corrected chi connectivity index (χ4v) is 3.22. The average molecular weight is 340 g/mol. The molecule has 0 saturated carbocycles. The minimum atomic E-state index is -0.834. The van der Waals surface area contributed by atoms with Gasteiger partial charge in [0.2, 0.25) is 5.91 Å². The van der Waals surface area contributed by atoms with Crippen LogP contribution in [0.2, 0.25) is 0 Å². The maximum Gasteiger partial charge on any atom is 0.242 e. The van der Waals surface area contributed by atoms with E-state index in [4.69, 9.17) is 15.2 Å². The number of likely N-dealkylation sites (N-methyl/N-ethyl adjacent to an activating group) is 1. The predicted molar refractivity (Wildman–Crippen MR) is 95.3 cm³/mol. The van der Waals surface area contributed by atoms with Crippen molar-refractivity contribution in [3.63, 3.8) is 0 Å². The second kappa shape index (κ2) is 8.45. The quantitative estimate of drug-likeness (QED) is 0.737. The number of hydrogen-bond donors (Lipinski definition) is 1. The summed E-state index contributed by atoms with van der Waals surface area (Å²) in [6, 6.07) is 3.85. The number of carbonyl (C=O) groups is 1. The monoisotopic (exact) mass is 340 g/mol. The molecule has 0 aliphatic rings. The van der Waals surface area contributed by atoms with Crippen LogP contribution in [-0.4, -0.2) is 43.9 Å². The molecule has 0 heterocycles. The third-order valence-corrected chi connectivity index (χ3v) is 4.62. The Labute approximate surface area is 143 Å². The molecular weight excluding hydrogens is 312 g/mol. The molecule has 0 fully saturated rings. The van der Waals surface area contributed by atoms with Crippen LogP contribution in [0, 0.1) is 0 Å². The van der Waals surface area contributed by atoms with Crippen LogP contribution in [0.1, 0.15) is 32.3 Å². The SMILES string of the molecule is CCCC(C)(N)C(=O)N(C)Cc1cc(OC)c(OC)cc1SC. The maximum absolute atomic E-state index is 12.6. The molecule has 0 spiro atoms. The van der Waals surface area contributed by atoms with E-state index in [1.165, 1.54) is 0 Å². The van der Waals surface area contributed by atoms with Crippen molar-refractivity contribution < 1.29 is 14.3 Å². The molecule has 1 aromatic rings. The normalized spacial score (nSPS) is 13.3. The summed E-state index contributed by atoms with van der Waals surface area (Å²) < 4.78 is 10.7. The first-order valence-corrected chi connectivity index (χ1v) is 8.86. The molecule has 1 unspecified atom stereocenters. The summed E-state index contributed by atoms with van der Waals surface area (Å²) in [4.78, 5) is 15.3. The maximum atomic E-state index is 12.6. The predicted octanol–water partition coefficient (Wildman–Crippen LogP) is 2.90. The number of nitrogens with zero attached hydrogens (tertiary/aromatic N) is 1. The Bertz CT molecular complexity index is 547. The third-order valence-electron chi connectivity index (χ3n) is 3.80. The van der Waals surface area contributed by atoms with Gasteiger partial charge in [0, 0.05) is 18.5 Å². The fraction of sp³-hybridized carbons (Fsp3) is 0.588. The minimum absolute atomic E-state index is 0.0545. The van der Waals surface area contributed by atoms with E-state index in [0.29, 0.717) is 24.5 Å². The molecule has 1 aromatic carbocycles. The van der Waals surface area contributed by atoms with Crippen LogP contribution < -0.4 is 15.2 Å². The van der Waals surface area contributed by atoms with Crippen LogP contribution in [0.3, 0.4) is 0 Å². The van der Waals surface area contributed by atoms with E-state index in [-0.39, 0.29) is 5.91 Å². The number of nitrogens with two attached hydrogens (primary N) is 1. The van der Waals surface area contributed by atoms with Gasteiger partial charge in [-0.1, -0.05) is 13.3 Å². The molecule has 1 amide bonds. The average Bonchev–Trinajstić information content (AvgIpc) is 2.53. The third kappa shape index (κ3) is 4.78. The molecular formula is C17H28N2O3S. The van der Waals surface area contributed by atoms with Gasteiger partial charge in [-0.3, -0.25) is 4.79 Å². The molecule has 0 saturated heterocycles. The molecule has 0 bridgehead atoms. The Hall–Kier alpha value is -1.40. The van der Waals surface area contributed by atoms with Crippen LogP contribution in [-0.2, 0) is 11.3 Å². The smallest absolute Gasteiger partial charge is 0.242 e. The van der Waals surface area contributed by atoms with Gasteiger partial charge < -0.3 is 20.1 Å². The molecule has 2 N–H and O–H groups in total. The van der Waals surface area contributed by atoms with Crippen molar-refractivity contribution in [2.24, 2.45) is 5.73 Å². The standard InChI is InChI=1S/C17H28N2O3S/c1-7-8-17(2,18)16(20)19(3)11-12-9-13(21-4)14(22-5)10-15(12)23-6/h9-10H,7-8,11,18H2,1-6H3. The number of ether oxygens (including phenoxy) is 2. The first-order valence-electron chi connectivity index (χ1n) is 7.64. The van der Waals surface area contributed by atoms with Crippen LogP contribution in [0.5, 0.6) is 11.5 Å². The number of benzene rings is 1. The lowest BCUT2D eigenvalue weighted by atomic mass is 9.95. The van der Waals surface area contributed by atoms with Crippen molar-refractivity contribution in [2.45, 2.75) is 43.7 Å². The molecule has 6 heteroatoms. The Morgan fingerprint density at radius 2 is 1.87 bits per heavy atom. The van der Waals surface area contributed by atoms with E-state index in [0.717, 1.165) is 16.9 Å². The van der Waals surface area contributed by atoms with Gasteiger partial charge in [0.05, 0.1) is 19.8 Å². The molecule has 23 heavy (non-hydrogen) atoms. The molecule has 1 atom stereocenters. The Morgan fingerprint density at radius 1 is 1.30 bits per heavy atom. The van der Waals surface area contributed by atoms with E-state index in [9.17, 15) is 4.79 Å². The van der Waals surface area contributed by atoms with E-state index >= 15 is 0 Å². The van der Waals surface area contributed by atoms with Crippen LogP contribution in [0.25, 0.3) is 0 Å². The summed E-state index contributed by atoms with van der Waals surface area (Å²) in [6.07, 6.45) is 3.53. The Morgan fingerprint density at radius 3 is 2.35 bits per heavy atom. The molecule has 130 valence electrons. The zero-order valence-electron chi connectivity index (χ0n) is 14.9. The number of thioether (sulfide) groups is 1. The number of methoxy groups -OCH3 is 2. The highest BCUT2D eigenvalue weighted by Gasteiger charge is 2.30. The lowest BCUT2D eigenvalue weighted by Gasteiger charge is -2.29. The van der Waals surface area contributed by atoms with Crippen LogP contribution in [0.4, 0.5) is 0 Å². The number of carbonyl (C=O) groups excluding carboxylic acids is 1. The second-order valence-electron chi connectivity index (χ2n) is 5.85. The molecule has 0 aromatic heterocycles. The van der Waals surface area contributed by atoms with Gasteiger partial charge in [0.1, 0.15) is 0 Å². The lowest BCUT2D eigenvalue weighted by molar-refractivity contribution is -0.135. The van der Waals surface area contributed by atoms with Gasteiger partial charge in [0.15, 0.2) is 11.5 Å². The molecule has 0 aliphatic carbocycles. The van der Waals surface area contributed by atoms with Gasteiger partial charge in [0.25, 0.3) is 0 Å². The highest BCUT2D eigenvalue weighted by atomic mass is 32.2. The van der Waals surface area contributed by atoms with Crippen molar-refractivity contribution in [2.75, 3.05) is 27.5 Å². The second-order valence-corrected chi connectivity index (χ2v) is 6.70.